The Kier molecular flexibility index (Phi) is 11.7. The van der Waals surface area contributed by atoms with Gasteiger partial charge in [0, 0.05) is 56.3 Å². The van der Waals surface area contributed by atoms with Crippen LogP contribution in [0.3, 0.4) is 0 Å². The van der Waals surface area contributed by atoms with Crippen molar-refractivity contribution in [3.05, 3.63) is 29.3 Å². The SMILES string of the molecule is CCNC(=NCCCC(=O)Nc1ccc(Cl)cc1)NCCC(=O)N(CC)CC. The van der Waals surface area contributed by atoms with Crippen molar-refractivity contribution >= 4 is 35.1 Å². The number of amides is 2. The van der Waals surface area contributed by atoms with E-state index < -0.39 is 0 Å². The quantitative estimate of drug-likeness (QED) is 0.298. The molecule has 28 heavy (non-hydrogen) atoms. The summed E-state index contributed by atoms with van der Waals surface area (Å²) in [5, 5.41) is 9.78. The molecule has 0 fully saturated rings. The van der Waals surface area contributed by atoms with Gasteiger partial charge in [0.2, 0.25) is 11.8 Å². The van der Waals surface area contributed by atoms with Crippen LogP contribution >= 0.6 is 11.6 Å². The van der Waals surface area contributed by atoms with E-state index in [9.17, 15) is 9.59 Å². The highest BCUT2D eigenvalue weighted by Gasteiger charge is 2.09. The Hall–Kier alpha value is -2.28. The van der Waals surface area contributed by atoms with Gasteiger partial charge in [0.1, 0.15) is 0 Å². The zero-order valence-corrected chi connectivity index (χ0v) is 17.8. The first-order valence-corrected chi connectivity index (χ1v) is 10.2. The number of nitrogens with zero attached hydrogens (tertiary/aromatic N) is 2. The number of rotatable bonds is 11. The number of benzene rings is 1. The van der Waals surface area contributed by atoms with E-state index in [4.69, 9.17) is 11.6 Å². The molecule has 3 N–H and O–H groups in total. The van der Waals surface area contributed by atoms with Crippen LogP contribution in [0.25, 0.3) is 0 Å². The monoisotopic (exact) mass is 409 g/mol. The molecule has 0 heterocycles. The average Bonchev–Trinajstić information content (AvgIpc) is 2.68. The second-order valence-electron chi connectivity index (χ2n) is 6.16. The molecule has 0 saturated heterocycles. The maximum absolute atomic E-state index is 12.0. The first-order valence-electron chi connectivity index (χ1n) is 9.85. The van der Waals surface area contributed by atoms with Gasteiger partial charge < -0.3 is 20.9 Å². The molecule has 8 heteroatoms. The summed E-state index contributed by atoms with van der Waals surface area (Å²) < 4.78 is 0. The van der Waals surface area contributed by atoms with Crippen molar-refractivity contribution in [2.75, 3.05) is 38.0 Å². The van der Waals surface area contributed by atoms with Gasteiger partial charge >= 0.3 is 0 Å². The van der Waals surface area contributed by atoms with E-state index in [-0.39, 0.29) is 11.8 Å². The molecule has 156 valence electrons. The highest BCUT2D eigenvalue weighted by Crippen LogP contribution is 2.13. The summed E-state index contributed by atoms with van der Waals surface area (Å²) in [5.41, 5.74) is 0.728. The summed E-state index contributed by atoms with van der Waals surface area (Å²) in [6, 6.07) is 7.01. The molecule has 0 bridgehead atoms. The lowest BCUT2D eigenvalue weighted by Gasteiger charge is -2.19. The number of anilines is 1. The number of hydrogen-bond donors (Lipinski definition) is 3. The fourth-order valence-electron chi connectivity index (χ4n) is 2.55. The molecule has 1 rings (SSSR count). The van der Waals surface area contributed by atoms with Crippen molar-refractivity contribution in [2.24, 2.45) is 4.99 Å². The van der Waals surface area contributed by atoms with Gasteiger partial charge in [-0.05, 0) is 51.5 Å². The van der Waals surface area contributed by atoms with E-state index in [0.717, 1.165) is 25.3 Å². The Morgan fingerprint density at radius 1 is 1.04 bits per heavy atom. The summed E-state index contributed by atoms with van der Waals surface area (Å²) in [7, 11) is 0. The minimum absolute atomic E-state index is 0.0553. The van der Waals surface area contributed by atoms with Crippen LogP contribution in [-0.4, -0.2) is 55.4 Å². The average molecular weight is 410 g/mol. The van der Waals surface area contributed by atoms with E-state index in [1.807, 2.05) is 25.7 Å². The largest absolute Gasteiger partial charge is 0.357 e. The molecule has 7 nitrogen and oxygen atoms in total. The minimum Gasteiger partial charge on any atom is -0.357 e. The number of nitrogens with one attached hydrogen (secondary N) is 3. The van der Waals surface area contributed by atoms with Crippen molar-refractivity contribution in [3.63, 3.8) is 0 Å². The van der Waals surface area contributed by atoms with Crippen LogP contribution in [0.1, 0.15) is 40.0 Å². The highest BCUT2D eigenvalue weighted by molar-refractivity contribution is 6.30. The first-order chi connectivity index (χ1) is 13.5. The van der Waals surface area contributed by atoms with E-state index in [1.54, 1.807) is 24.3 Å². The fraction of sp³-hybridized carbons (Fsp3) is 0.550. The predicted molar refractivity (Wildman–Crippen MR) is 116 cm³/mol. The van der Waals surface area contributed by atoms with Gasteiger partial charge in [-0.15, -0.1) is 0 Å². The molecular formula is C20H32ClN5O2. The van der Waals surface area contributed by atoms with Crippen molar-refractivity contribution in [2.45, 2.75) is 40.0 Å². The molecule has 0 spiro atoms. The third-order valence-corrected chi connectivity index (χ3v) is 4.30. The minimum atomic E-state index is -0.0553. The van der Waals surface area contributed by atoms with Crippen LogP contribution in [0.4, 0.5) is 5.69 Å². The van der Waals surface area contributed by atoms with Crippen LogP contribution in [0.2, 0.25) is 5.02 Å². The van der Waals surface area contributed by atoms with E-state index >= 15 is 0 Å². The topological polar surface area (TPSA) is 85.8 Å². The Bertz CT molecular complexity index is 630. The molecule has 0 radical (unpaired) electrons. The van der Waals surface area contributed by atoms with Crippen LogP contribution < -0.4 is 16.0 Å². The maximum Gasteiger partial charge on any atom is 0.224 e. The summed E-state index contributed by atoms with van der Waals surface area (Å²) in [5.74, 6) is 0.737. The molecule has 2 amide bonds. The lowest BCUT2D eigenvalue weighted by molar-refractivity contribution is -0.130. The van der Waals surface area contributed by atoms with Gasteiger partial charge in [0.25, 0.3) is 0 Å². The van der Waals surface area contributed by atoms with Gasteiger partial charge in [-0.2, -0.15) is 0 Å². The third-order valence-electron chi connectivity index (χ3n) is 4.05. The summed E-state index contributed by atoms with van der Waals surface area (Å²) in [4.78, 5) is 30.3. The van der Waals surface area contributed by atoms with Gasteiger partial charge in [0.05, 0.1) is 0 Å². The van der Waals surface area contributed by atoms with Gasteiger partial charge in [-0.25, -0.2) is 0 Å². The normalized spacial score (nSPS) is 11.1. The zero-order valence-electron chi connectivity index (χ0n) is 17.1. The van der Waals surface area contributed by atoms with E-state index in [2.05, 4.69) is 20.9 Å². The Morgan fingerprint density at radius 2 is 1.71 bits per heavy atom. The van der Waals surface area contributed by atoms with Crippen LogP contribution in [0, 0.1) is 0 Å². The Morgan fingerprint density at radius 3 is 2.32 bits per heavy atom. The summed E-state index contributed by atoms with van der Waals surface area (Å²) in [6.45, 7) is 9.16. The zero-order chi connectivity index (χ0) is 20.8. The van der Waals surface area contributed by atoms with Gasteiger partial charge in [-0.3, -0.25) is 14.6 Å². The van der Waals surface area contributed by atoms with Crippen LogP contribution in [0.5, 0.6) is 0 Å². The molecule has 0 aliphatic carbocycles. The summed E-state index contributed by atoms with van der Waals surface area (Å²) in [6.07, 6.45) is 1.44. The summed E-state index contributed by atoms with van der Waals surface area (Å²) >= 11 is 5.83. The molecular weight excluding hydrogens is 378 g/mol. The van der Waals surface area contributed by atoms with Crippen molar-refractivity contribution in [1.82, 2.24) is 15.5 Å². The molecule has 0 aliphatic rings. The second kappa shape index (κ2) is 13.8. The lowest BCUT2D eigenvalue weighted by Crippen LogP contribution is -2.40. The Labute approximate surface area is 172 Å². The molecule has 0 aromatic heterocycles. The number of guanidine groups is 1. The number of aliphatic imine (C=N–C) groups is 1. The fourth-order valence-corrected chi connectivity index (χ4v) is 2.68. The second-order valence-corrected chi connectivity index (χ2v) is 6.60. The number of carbonyl (C=O) groups excluding carboxylic acids is 2. The highest BCUT2D eigenvalue weighted by atomic mass is 35.5. The number of hydrogen-bond acceptors (Lipinski definition) is 3. The van der Waals surface area contributed by atoms with Crippen LogP contribution in [-0.2, 0) is 9.59 Å². The van der Waals surface area contributed by atoms with Crippen molar-refractivity contribution in [1.29, 1.82) is 0 Å². The van der Waals surface area contributed by atoms with Gasteiger partial charge in [-0.1, -0.05) is 11.6 Å². The standard InChI is InChI=1S/C20H32ClN5O2/c1-4-22-20(24-15-13-19(28)26(5-2)6-3)23-14-7-8-18(27)25-17-11-9-16(21)10-12-17/h9-12H,4-8,13-15H2,1-3H3,(H,25,27)(H2,22,23,24). The van der Waals surface area contributed by atoms with Crippen LogP contribution in [0.15, 0.2) is 29.3 Å². The van der Waals surface area contributed by atoms with Crippen molar-refractivity contribution in [3.8, 4) is 0 Å². The van der Waals surface area contributed by atoms with Crippen molar-refractivity contribution < 1.29 is 9.59 Å². The number of halogens is 1. The number of carbonyl (C=O) groups is 2. The Balaban J connectivity index is 2.33. The molecule has 0 aliphatic heterocycles. The maximum atomic E-state index is 12.0. The predicted octanol–water partition coefficient (Wildman–Crippen LogP) is 2.87. The lowest BCUT2D eigenvalue weighted by atomic mass is 10.2. The van der Waals surface area contributed by atoms with Gasteiger partial charge in [0.15, 0.2) is 5.96 Å². The molecule has 0 atom stereocenters. The van der Waals surface area contributed by atoms with E-state index in [1.165, 1.54) is 0 Å². The van der Waals surface area contributed by atoms with E-state index in [0.29, 0.717) is 43.3 Å². The third kappa shape index (κ3) is 9.60. The smallest absolute Gasteiger partial charge is 0.224 e. The molecule has 0 saturated carbocycles. The molecule has 0 unspecified atom stereocenters. The molecule has 1 aromatic rings. The molecule has 1 aromatic carbocycles. The first kappa shape index (κ1) is 23.8.